The third-order valence-corrected chi connectivity index (χ3v) is 4.93. The van der Waals surface area contributed by atoms with Crippen LogP contribution in [0, 0.1) is 0 Å². The quantitative estimate of drug-likeness (QED) is 0.859. The summed E-state index contributed by atoms with van der Waals surface area (Å²) in [6, 6.07) is 8.09. The molecule has 1 aliphatic carbocycles. The Bertz CT molecular complexity index is 674. The van der Waals surface area contributed by atoms with Gasteiger partial charge in [-0.3, -0.25) is 10.1 Å². The van der Waals surface area contributed by atoms with Gasteiger partial charge in [0.25, 0.3) is 0 Å². The lowest BCUT2D eigenvalue weighted by Crippen LogP contribution is -2.52. The molecule has 1 aromatic carbocycles. The molecule has 1 fully saturated rings. The molecule has 0 spiro atoms. The fourth-order valence-electron chi connectivity index (χ4n) is 2.98. The molecule has 2 aromatic rings. The van der Waals surface area contributed by atoms with Gasteiger partial charge < -0.3 is 10.3 Å². The summed E-state index contributed by atoms with van der Waals surface area (Å²) >= 11 is 3.43. The van der Waals surface area contributed by atoms with Crippen molar-refractivity contribution in [3.05, 3.63) is 46.7 Å². The Balaban J connectivity index is 1.70. The molecule has 1 aromatic heterocycles. The molecule has 23 heavy (non-hydrogen) atoms. The van der Waals surface area contributed by atoms with Gasteiger partial charge in [0, 0.05) is 16.9 Å². The van der Waals surface area contributed by atoms with Gasteiger partial charge in [-0.1, -0.05) is 47.3 Å². The van der Waals surface area contributed by atoms with E-state index >= 15 is 0 Å². The van der Waals surface area contributed by atoms with E-state index in [1.807, 2.05) is 35.0 Å². The Kier molecular flexibility index (Phi) is 4.82. The van der Waals surface area contributed by atoms with Crippen molar-refractivity contribution >= 4 is 27.8 Å². The van der Waals surface area contributed by atoms with Crippen LogP contribution in [0.25, 0.3) is 0 Å². The Morgan fingerprint density at radius 2 is 1.96 bits per heavy atom. The third kappa shape index (κ3) is 3.82. The van der Waals surface area contributed by atoms with E-state index in [1.54, 1.807) is 6.20 Å². The van der Waals surface area contributed by atoms with Crippen molar-refractivity contribution in [1.29, 1.82) is 0 Å². The Morgan fingerprint density at radius 3 is 2.65 bits per heavy atom. The highest BCUT2D eigenvalue weighted by molar-refractivity contribution is 9.10. The van der Waals surface area contributed by atoms with Gasteiger partial charge >= 0.3 is 0 Å². The van der Waals surface area contributed by atoms with Crippen molar-refractivity contribution in [2.45, 2.75) is 44.2 Å². The number of benzene rings is 1. The molecule has 0 unspecified atom stereocenters. The van der Waals surface area contributed by atoms with Crippen molar-refractivity contribution in [3.63, 3.8) is 0 Å². The number of nitrogens with two attached hydrogens (primary N) is 1. The largest absolute Gasteiger partial charge is 0.317 e. The molecule has 0 saturated heterocycles. The number of nitrogens with one attached hydrogen (secondary N) is 1. The molecule has 3 N–H and O–H groups in total. The second-order valence-corrected chi connectivity index (χ2v) is 7.09. The lowest BCUT2D eigenvalue weighted by molar-refractivity contribution is -0.122. The molecule has 1 aliphatic rings. The van der Waals surface area contributed by atoms with Crippen LogP contribution < -0.4 is 11.1 Å². The number of aromatic nitrogens is 2. The van der Waals surface area contributed by atoms with E-state index in [9.17, 15) is 4.79 Å². The van der Waals surface area contributed by atoms with Crippen molar-refractivity contribution in [2.24, 2.45) is 5.73 Å². The smallest absolute Gasteiger partial charge is 0.246 e. The zero-order valence-electron chi connectivity index (χ0n) is 13.0. The number of amides is 1. The van der Waals surface area contributed by atoms with Gasteiger partial charge in [-0.2, -0.15) is 0 Å². The monoisotopic (exact) mass is 376 g/mol. The number of hydrogen-bond donors (Lipinski definition) is 2. The number of imidazole rings is 1. The van der Waals surface area contributed by atoms with E-state index in [0.29, 0.717) is 12.5 Å². The molecule has 1 saturated carbocycles. The molecule has 122 valence electrons. The van der Waals surface area contributed by atoms with Crippen molar-refractivity contribution in [3.8, 4) is 0 Å². The van der Waals surface area contributed by atoms with Crippen LogP contribution in [-0.4, -0.2) is 21.0 Å². The summed E-state index contributed by atoms with van der Waals surface area (Å²) in [7, 11) is 0. The van der Waals surface area contributed by atoms with Gasteiger partial charge in [0.05, 0.1) is 12.1 Å². The highest BCUT2D eigenvalue weighted by atomic mass is 79.9. The van der Waals surface area contributed by atoms with Crippen molar-refractivity contribution in [1.82, 2.24) is 9.55 Å². The minimum atomic E-state index is -0.757. The number of nitrogens with zero attached hydrogens (tertiary/aromatic N) is 2. The SMILES string of the molecule is NC1(C(=O)Nc2nccn2Cc2ccc(Br)cc2)CCCCC1. The fourth-order valence-corrected chi connectivity index (χ4v) is 3.25. The fraction of sp³-hybridized carbons (Fsp3) is 0.412. The highest BCUT2D eigenvalue weighted by Crippen LogP contribution is 2.27. The van der Waals surface area contributed by atoms with E-state index in [0.717, 1.165) is 42.1 Å². The van der Waals surface area contributed by atoms with E-state index in [2.05, 4.69) is 26.2 Å². The molecule has 3 rings (SSSR count). The van der Waals surface area contributed by atoms with E-state index in [-0.39, 0.29) is 5.91 Å². The molecule has 6 heteroatoms. The first-order chi connectivity index (χ1) is 11.1. The van der Waals surface area contributed by atoms with Crippen LogP contribution in [0.3, 0.4) is 0 Å². The lowest BCUT2D eigenvalue weighted by Gasteiger charge is -2.31. The second kappa shape index (κ2) is 6.84. The number of anilines is 1. The van der Waals surface area contributed by atoms with Crippen LogP contribution in [0.4, 0.5) is 5.95 Å². The van der Waals surface area contributed by atoms with Crippen molar-refractivity contribution < 1.29 is 4.79 Å². The molecule has 5 nitrogen and oxygen atoms in total. The zero-order valence-corrected chi connectivity index (χ0v) is 14.6. The summed E-state index contributed by atoms with van der Waals surface area (Å²) in [6.45, 7) is 0.653. The summed E-state index contributed by atoms with van der Waals surface area (Å²) in [5.41, 5.74) is 6.67. The molecule has 1 heterocycles. The van der Waals surface area contributed by atoms with Gasteiger partial charge in [0.15, 0.2) is 0 Å². The normalized spacial score (nSPS) is 17.0. The number of halogens is 1. The molecule has 0 atom stereocenters. The first-order valence-corrected chi connectivity index (χ1v) is 8.72. The first kappa shape index (κ1) is 16.2. The van der Waals surface area contributed by atoms with Gasteiger partial charge in [0.1, 0.15) is 0 Å². The summed E-state index contributed by atoms with van der Waals surface area (Å²) in [4.78, 5) is 16.8. The van der Waals surface area contributed by atoms with Crippen LogP contribution in [0.15, 0.2) is 41.1 Å². The van der Waals surface area contributed by atoms with Crippen LogP contribution in [-0.2, 0) is 11.3 Å². The van der Waals surface area contributed by atoms with Crippen LogP contribution >= 0.6 is 15.9 Å². The zero-order chi connectivity index (χ0) is 16.3. The Morgan fingerprint density at radius 1 is 1.26 bits per heavy atom. The lowest BCUT2D eigenvalue weighted by atomic mass is 9.82. The minimum absolute atomic E-state index is 0.125. The van der Waals surface area contributed by atoms with Crippen LogP contribution in [0.2, 0.25) is 0 Å². The summed E-state index contributed by atoms with van der Waals surface area (Å²) < 4.78 is 2.97. The summed E-state index contributed by atoms with van der Waals surface area (Å²) in [6.07, 6.45) is 8.22. The molecular formula is C17H21BrN4O. The molecular weight excluding hydrogens is 356 g/mol. The molecule has 1 amide bonds. The average molecular weight is 377 g/mol. The minimum Gasteiger partial charge on any atom is -0.317 e. The standard InChI is InChI=1S/C17H21BrN4O/c18-14-6-4-13(5-7-14)12-22-11-10-20-16(22)21-15(23)17(19)8-2-1-3-9-17/h4-7,10-11H,1-3,8-9,12,19H2,(H,20,21,23). The van der Waals surface area contributed by atoms with Gasteiger partial charge in [-0.05, 0) is 30.5 Å². The van der Waals surface area contributed by atoms with E-state index in [1.165, 1.54) is 0 Å². The Hall–Kier alpha value is -1.66. The Labute approximate surface area is 144 Å². The van der Waals surface area contributed by atoms with E-state index < -0.39 is 5.54 Å². The second-order valence-electron chi connectivity index (χ2n) is 6.18. The van der Waals surface area contributed by atoms with Gasteiger partial charge in [0.2, 0.25) is 11.9 Å². The average Bonchev–Trinajstić information content (AvgIpc) is 2.97. The third-order valence-electron chi connectivity index (χ3n) is 4.40. The number of rotatable bonds is 4. The maximum absolute atomic E-state index is 12.5. The summed E-state index contributed by atoms with van der Waals surface area (Å²) in [5.74, 6) is 0.425. The molecule has 0 aliphatic heterocycles. The topological polar surface area (TPSA) is 72.9 Å². The number of carbonyl (C=O) groups excluding carboxylic acids is 1. The van der Waals surface area contributed by atoms with Gasteiger partial charge in [-0.25, -0.2) is 4.98 Å². The summed E-state index contributed by atoms with van der Waals surface area (Å²) in [5, 5.41) is 2.91. The first-order valence-electron chi connectivity index (χ1n) is 7.93. The van der Waals surface area contributed by atoms with Gasteiger partial charge in [-0.15, -0.1) is 0 Å². The maximum Gasteiger partial charge on any atom is 0.246 e. The highest BCUT2D eigenvalue weighted by Gasteiger charge is 2.35. The van der Waals surface area contributed by atoms with Crippen LogP contribution in [0.5, 0.6) is 0 Å². The predicted octanol–water partition coefficient (Wildman–Crippen LogP) is 3.29. The molecule has 0 radical (unpaired) electrons. The number of carbonyl (C=O) groups is 1. The maximum atomic E-state index is 12.5. The molecule has 0 bridgehead atoms. The predicted molar refractivity (Wildman–Crippen MR) is 94.1 cm³/mol. The van der Waals surface area contributed by atoms with Crippen molar-refractivity contribution in [2.75, 3.05) is 5.32 Å². The van der Waals surface area contributed by atoms with E-state index in [4.69, 9.17) is 5.73 Å². The number of hydrogen-bond acceptors (Lipinski definition) is 3. The van der Waals surface area contributed by atoms with Crippen LogP contribution in [0.1, 0.15) is 37.7 Å².